The van der Waals surface area contributed by atoms with Gasteiger partial charge in [0.25, 0.3) is 0 Å². The molecular weight excluding hydrogens is 360 g/mol. The molecule has 0 saturated heterocycles. The second-order valence-electron chi connectivity index (χ2n) is 2.98. The molecular formula is C11H6Cl2INO. The molecule has 0 aliphatic carbocycles. The summed E-state index contributed by atoms with van der Waals surface area (Å²) in [5.41, 5.74) is 0. The summed E-state index contributed by atoms with van der Waals surface area (Å²) in [7, 11) is 0. The first-order valence-corrected chi connectivity index (χ1v) is 6.24. The largest absolute Gasteiger partial charge is 0.456 e. The molecule has 1 aromatic heterocycles. The predicted molar refractivity (Wildman–Crippen MR) is 73.5 cm³/mol. The van der Waals surface area contributed by atoms with Gasteiger partial charge in [0, 0.05) is 12.1 Å². The molecule has 2 rings (SSSR count). The number of hydrogen-bond donors (Lipinski definition) is 0. The van der Waals surface area contributed by atoms with E-state index in [9.17, 15) is 0 Å². The maximum Gasteiger partial charge on any atom is 0.140 e. The lowest BCUT2D eigenvalue weighted by Crippen LogP contribution is -1.88. The SMILES string of the molecule is Clc1cc(Oc2ccccc2I)cc(Cl)n1. The molecule has 2 nitrogen and oxygen atoms in total. The van der Waals surface area contributed by atoms with Crippen molar-refractivity contribution in [3.05, 3.63) is 50.3 Å². The predicted octanol–water partition coefficient (Wildman–Crippen LogP) is 4.79. The molecule has 0 N–H and O–H groups in total. The minimum absolute atomic E-state index is 0.313. The van der Waals surface area contributed by atoms with Gasteiger partial charge in [0.1, 0.15) is 21.8 Å². The van der Waals surface area contributed by atoms with Gasteiger partial charge in [0.05, 0.1) is 3.57 Å². The normalized spacial score (nSPS) is 10.2. The summed E-state index contributed by atoms with van der Waals surface area (Å²) in [6.45, 7) is 0. The summed E-state index contributed by atoms with van der Waals surface area (Å²) in [4.78, 5) is 3.85. The molecule has 5 heteroatoms. The first-order valence-electron chi connectivity index (χ1n) is 4.40. The molecule has 1 aromatic carbocycles. The monoisotopic (exact) mass is 365 g/mol. The van der Waals surface area contributed by atoms with Crippen LogP contribution in [0.3, 0.4) is 0 Å². The van der Waals surface area contributed by atoms with E-state index in [1.54, 1.807) is 12.1 Å². The van der Waals surface area contributed by atoms with Crippen LogP contribution < -0.4 is 4.74 Å². The average Bonchev–Trinajstić information content (AvgIpc) is 2.20. The highest BCUT2D eigenvalue weighted by atomic mass is 127. The van der Waals surface area contributed by atoms with Crippen LogP contribution in [-0.2, 0) is 0 Å². The van der Waals surface area contributed by atoms with Crippen LogP contribution in [0.15, 0.2) is 36.4 Å². The van der Waals surface area contributed by atoms with Crippen LogP contribution in [-0.4, -0.2) is 4.98 Å². The minimum atomic E-state index is 0.313. The molecule has 82 valence electrons. The fourth-order valence-electron chi connectivity index (χ4n) is 1.16. The van der Waals surface area contributed by atoms with E-state index >= 15 is 0 Å². The van der Waals surface area contributed by atoms with E-state index in [4.69, 9.17) is 27.9 Å². The highest BCUT2D eigenvalue weighted by molar-refractivity contribution is 14.1. The summed E-state index contributed by atoms with van der Waals surface area (Å²) in [5.74, 6) is 1.34. The molecule has 0 unspecified atom stereocenters. The second-order valence-corrected chi connectivity index (χ2v) is 4.92. The third kappa shape index (κ3) is 2.99. The summed E-state index contributed by atoms with van der Waals surface area (Å²) >= 11 is 13.8. The van der Waals surface area contributed by atoms with Gasteiger partial charge in [-0.25, -0.2) is 4.98 Å². The van der Waals surface area contributed by atoms with Crippen LogP contribution >= 0.6 is 45.8 Å². The van der Waals surface area contributed by atoms with Gasteiger partial charge < -0.3 is 4.74 Å². The summed E-state index contributed by atoms with van der Waals surface area (Å²) < 4.78 is 6.67. The van der Waals surface area contributed by atoms with Crippen molar-refractivity contribution in [3.8, 4) is 11.5 Å². The van der Waals surface area contributed by atoms with Crippen molar-refractivity contribution in [1.82, 2.24) is 4.98 Å². The number of pyridine rings is 1. The second kappa shape index (κ2) is 5.21. The lowest BCUT2D eigenvalue weighted by Gasteiger charge is -2.07. The molecule has 0 saturated carbocycles. The Hall–Kier alpha value is -0.520. The third-order valence-electron chi connectivity index (χ3n) is 1.80. The quantitative estimate of drug-likeness (QED) is 0.564. The van der Waals surface area contributed by atoms with Crippen molar-refractivity contribution in [2.75, 3.05) is 0 Å². The van der Waals surface area contributed by atoms with Gasteiger partial charge >= 0.3 is 0 Å². The molecule has 0 radical (unpaired) electrons. The summed E-state index contributed by atoms with van der Waals surface area (Å²) in [6, 6.07) is 10.9. The van der Waals surface area contributed by atoms with Gasteiger partial charge in [0.2, 0.25) is 0 Å². The van der Waals surface area contributed by atoms with E-state index in [1.807, 2.05) is 24.3 Å². The van der Waals surface area contributed by atoms with E-state index < -0.39 is 0 Å². The van der Waals surface area contributed by atoms with Crippen molar-refractivity contribution in [2.45, 2.75) is 0 Å². The lowest BCUT2D eigenvalue weighted by atomic mass is 10.3. The molecule has 0 fully saturated rings. The van der Waals surface area contributed by atoms with Crippen LogP contribution in [0.2, 0.25) is 10.3 Å². The zero-order valence-electron chi connectivity index (χ0n) is 7.95. The molecule has 0 aliphatic heterocycles. The standard InChI is InChI=1S/C11H6Cl2INO/c12-10-5-7(6-11(13)15-10)16-9-4-2-1-3-8(9)14/h1-6H. The van der Waals surface area contributed by atoms with Crippen LogP contribution in [0.1, 0.15) is 0 Å². The Labute approximate surface area is 117 Å². The highest BCUT2D eigenvalue weighted by Gasteiger charge is 2.04. The molecule has 0 atom stereocenters. The smallest absolute Gasteiger partial charge is 0.140 e. The van der Waals surface area contributed by atoms with Crippen LogP contribution in [0, 0.1) is 3.57 Å². The van der Waals surface area contributed by atoms with E-state index in [0.29, 0.717) is 16.1 Å². The Kier molecular flexibility index (Phi) is 3.89. The molecule has 0 bridgehead atoms. The summed E-state index contributed by atoms with van der Waals surface area (Å²) in [5, 5.41) is 0.627. The van der Waals surface area contributed by atoms with Crippen molar-refractivity contribution < 1.29 is 4.74 Å². The molecule has 16 heavy (non-hydrogen) atoms. The van der Waals surface area contributed by atoms with Crippen molar-refractivity contribution in [3.63, 3.8) is 0 Å². The average molecular weight is 366 g/mol. The Morgan fingerprint density at radius 3 is 2.31 bits per heavy atom. The highest BCUT2D eigenvalue weighted by Crippen LogP contribution is 2.29. The number of hydrogen-bond acceptors (Lipinski definition) is 2. The number of halogens is 3. The molecule has 1 heterocycles. The number of aromatic nitrogens is 1. The molecule has 0 amide bonds. The van der Waals surface area contributed by atoms with Gasteiger partial charge in [-0.05, 0) is 34.7 Å². The van der Waals surface area contributed by atoms with E-state index in [2.05, 4.69) is 27.6 Å². The molecule has 0 aliphatic rings. The zero-order valence-corrected chi connectivity index (χ0v) is 11.6. The zero-order chi connectivity index (χ0) is 11.5. The number of rotatable bonds is 2. The molecule has 0 spiro atoms. The Bertz CT molecular complexity index is 499. The Morgan fingerprint density at radius 1 is 1.06 bits per heavy atom. The van der Waals surface area contributed by atoms with Gasteiger partial charge in [-0.3, -0.25) is 0 Å². The number of ether oxygens (including phenoxy) is 1. The topological polar surface area (TPSA) is 22.1 Å². The van der Waals surface area contributed by atoms with E-state index in [-0.39, 0.29) is 0 Å². The fourth-order valence-corrected chi connectivity index (χ4v) is 2.09. The molecule has 2 aromatic rings. The Morgan fingerprint density at radius 2 is 1.69 bits per heavy atom. The van der Waals surface area contributed by atoms with Gasteiger partial charge in [-0.2, -0.15) is 0 Å². The number of nitrogens with zero attached hydrogens (tertiary/aromatic N) is 1. The first-order chi connectivity index (χ1) is 7.65. The van der Waals surface area contributed by atoms with Crippen molar-refractivity contribution >= 4 is 45.8 Å². The van der Waals surface area contributed by atoms with Crippen molar-refractivity contribution in [1.29, 1.82) is 0 Å². The van der Waals surface area contributed by atoms with E-state index in [1.165, 1.54) is 0 Å². The Balaban J connectivity index is 2.30. The number of para-hydroxylation sites is 1. The maximum atomic E-state index is 5.78. The number of benzene rings is 1. The summed E-state index contributed by atoms with van der Waals surface area (Å²) in [6.07, 6.45) is 0. The third-order valence-corrected chi connectivity index (χ3v) is 3.08. The van der Waals surface area contributed by atoms with Crippen LogP contribution in [0.25, 0.3) is 0 Å². The lowest BCUT2D eigenvalue weighted by molar-refractivity contribution is 0.478. The van der Waals surface area contributed by atoms with Gasteiger partial charge in [-0.1, -0.05) is 35.3 Å². The maximum absolute atomic E-state index is 5.78. The van der Waals surface area contributed by atoms with Crippen LogP contribution in [0.5, 0.6) is 11.5 Å². The minimum Gasteiger partial charge on any atom is -0.456 e. The van der Waals surface area contributed by atoms with Gasteiger partial charge in [-0.15, -0.1) is 0 Å². The van der Waals surface area contributed by atoms with Gasteiger partial charge in [0.15, 0.2) is 0 Å². The first kappa shape index (κ1) is 12.0. The van der Waals surface area contributed by atoms with Crippen molar-refractivity contribution in [2.24, 2.45) is 0 Å². The van der Waals surface area contributed by atoms with Crippen LogP contribution in [0.4, 0.5) is 0 Å². The van der Waals surface area contributed by atoms with E-state index in [0.717, 1.165) is 9.32 Å². The fraction of sp³-hybridized carbons (Fsp3) is 0.